The highest BCUT2D eigenvalue weighted by molar-refractivity contribution is 5.96. The summed E-state index contributed by atoms with van der Waals surface area (Å²) in [6.45, 7) is 10.1. The molecule has 0 aliphatic heterocycles. The Labute approximate surface area is 124 Å². The molecule has 0 unspecified atom stereocenters. The first kappa shape index (κ1) is 16.0. The van der Waals surface area contributed by atoms with Crippen LogP contribution in [-0.4, -0.2) is 41.0 Å². The molecule has 0 aromatic carbocycles. The fraction of sp³-hybridized carbons (Fsp3) is 0.733. The summed E-state index contributed by atoms with van der Waals surface area (Å²) in [7, 11) is 0. The van der Waals surface area contributed by atoms with Gasteiger partial charge in [0.05, 0.1) is 17.4 Å². The molecule has 1 fully saturated rings. The van der Waals surface area contributed by atoms with E-state index in [1.165, 1.54) is 0 Å². The van der Waals surface area contributed by atoms with Crippen molar-refractivity contribution in [2.75, 3.05) is 13.2 Å². The van der Waals surface area contributed by atoms with Crippen molar-refractivity contribution >= 4 is 5.91 Å². The molecule has 1 saturated carbocycles. The van der Waals surface area contributed by atoms with Crippen molar-refractivity contribution in [1.82, 2.24) is 10.5 Å². The Hall–Kier alpha value is -1.40. The smallest absolute Gasteiger partial charge is 0.256 e. The minimum absolute atomic E-state index is 0.0171. The molecule has 0 spiro atoms. The third-order valence-electron chi connectivity index (χ3n) is 4.70. The molecule has 2 rings (SSSR count). The van der Waals surface area contributed by atoms with E-state index < -0.39 is 11.0 Å². The van der Waals surface area contributed by atoms with E-state index in [4.69, 9.17) is 9.26 Å². The molecule has 1 heterocycles. The molecule has 6 nitrogen and oxygen atoms in total. The molecule has 1 aromatic heterocycles. The molecule has 1 aliphatic rings. The Morgan fingerprint density at radius 2 is 2.19 bits per heavy atom. The summed E-state index contributed by atoms with van der Waals surface area (Å²) in [5, 5.41) is 17.2. The van der Waals surface area contributed by atoms with E-state index in [2.05, 4.69) is 10.5 Å². The van der Waals surface area contributed by atoms with Gasteiger partial charge in [0.2, 0.25) is 0 Å². The number of aryl methyl sites for hydroxylation is 2. The lowest BCUT2D eigenvalue weighted by atomic mass is 9.56. The molecular formula is C15H24N2O4. The maximum Gasteiger partial charge on any atom is 0.256 e. The third-order valence-corrected chi connectivity index (χ3v) is 4.70. The molecule has 2 N–H and O–H groups in total. The molecule has 21 heavy (non-hydrogen) atoms. The number of rotatable bonds is 5. The average Bonchev–Trinajstić information content (AvgIpc) is 2.75. The van der Waals surface area contributed by atoms with Crippen molar-refractivity contribution in [1.29, 1.82) is 0 Å². The number of hydrogen-bond acceptors (Lipinski definition) is 5. The second kappa shape index (κ2) is 5.42. The molecule has 118 valence electrons. The number of amides is 1. The van der Waals surface area contributed by atoms with E-state index in [0.717, 1.165) is 0 Å². The first-order chi connectivity index (χ1) is 9.73. The quantitative estimate of drug-likeness (QED) is 0.862. The molecule has 1 aromatic rings. The molecule has 1 aliphatic carbocycles. The standard InChI is InChI=1S/C15H24N2O4/c1-6-20-11-7-15(19,14(11,4)5)8-16-13(18)12-9(2)17-21-10(12)3/h11,19H,6-8H2,1-5H3,(H,16,18)/t11-,15+/m1/s1. The largest absolute Gasteiger partial charge is 0.387 e. The average molecular weight is 296 g/mol. The van der Waals surface area contributed by atoms with E-state index in [1.54, 1.807) is 13.8 Å². The van der Waals surface area contributed by atoms with Crippen LogP contribution in [0.3, 0.4) is 0 Å². The topological polar surface area (TPSA) is 84.6 Å². The lowest BCUT2D eigenvalue weighted by Gasteiger charge is -2.57. The summed E-state index contributed by atoms with van der Waals surface area (Å²) in [4.78, 5) is 12.2. The fourth-order valence-electron chi connectivity index (χ4n) is 2.88. The Morgan fingerprint density at radius 3 is 2.67 bits per heavy atom. The second-order valence-corrected chi connectivity index (χ2v) is 6.28. The van der Waals surface area contributed by atoms with E-state index in [9.17, 15) is 9.90 Å². The summed E-state index contributed by atoms with van der Waals surface area (Å²) >= 11 is 0. The Morgan fingerprint density at radius 1 is 1.52 bits per heavy atom. The van der Waals surface area contributed by atoms with Crippen LogP contribution in [-0.2, 0) is 4.74 Å². The lowest BCUT2D eigenvalue weighted by molar-refractivity contribution is -0.237. The maximum atomic E-state index is 12.2. The van der Waals surface area contributed by atoms with Gasteiger partial charge in [0, 0.05) is 25.0 Å². The van der Waals surface area contributed by atoms with E-state index in [0.29, 0.717) is 30.0 Å². The number of nitrogens with zero attached hydrogens (tertiary/aromatic N) is 1. The summed E-state index contributed by atoms with van der Waals surface area (Å²) in [5.41, 5.74) is -0.356. The molecule has 2 atom stereocenters. The second-order valence-electron chi connectivity index (χ2n) is 6.28. The molecule has 0 saturated heterocycles. The number of carbonyl (C=O) groups excluding carboxylic acids is 1. The van der Waals surface area contributed by atoms with Gasteiger partial charge in [-0.25, -0.2) is 0 Å². The highest BCUT2D eigenvalue weighted by Crippen LogP contribution is 2.50. The highest BCUT2D eigenvalue weighted by Gasteiger charge is 2.59. The predicted octanol–water partition coefficient (Wildman–Crippen LogP) is 1.59. The van der Waals surface area contributed by atoms with Crippen LogP contribution in [0.1, 0.15) is 49.0 Å². The van der Waals surface area contributed by atoms with Gasteiger partial charge in [-0.2, -0.15) is 0 Å². The third kappa shape index (κ3) is 2.58. The minimum atomic E-state index is -0.957. The molecule has 0 radical (unpaired) electrons. The van der Waals surface area contributed by atoms with Crippen molar-refractivity contribution in [3.05, 3.63) is 17.0 Å². The molecular weight excluding hydrogens is 272 g/mol. The summed E-state index contributed by atoms with van der Waals surface area (Å²) in [6, 6.07) is 0. The van der Waals surface area contributed by atoms with Crippen LogP contribution in [0.2, 0.25) is 0 Å². The van der Waals surface area contributed by atoms with Crippen molar-refractivity contribution in [3.8, 4) is 0 Å². The van der Waals surface area contributed by atoms with Crippen molar-refractivity contribution in [2.45, 2.75) is 52.7 Å². The van der Waals surface area contributed by atoms with E-state index in [1.807, 2.05) is 20.8 Å². The first-order valence-corrected chi connectivity index (χ1v) is 7.28. The molecule has 6 heteroatoms. The van der Waals surface area contributed by atoms with Crippen LogP contribution in [0.5, 0.6) is 0 Å². The van der Waals surface area contributed by atoms with Gasteiger partial charge in [0.1, 0.15) is 11.3 Å². The van der Waals surface area contributed by atoms with Crippen LogP contribution in [0.15, 0.2) is 4.52 Å². The number of hydrogen-bond donors (Lipinski definition) is 2. The zero-order chi connectivity index (χ0) is 15.8. The monoisotopic (exact) mass is 296 g/mol. The van der Waals surface area contributed by atoms with Gasteiger partial charge >= 0.3 is 0 Å². The normalized spacial score (nSPS) is 27.2. The van der Waals surface area contributed by atoms with Gasteiger partial charge in [0.25, 0.3) is 5.91 Å². The summed E-state index contributed by atoms with van der Waals surface area (Å²) in [6.07, 6.45) is 0.541. The zero-order valence-electron chi connectivity index (χ0n) is 13.3. The van der Waals surface area contributed by atoms with Crippen molar-refractivity contribution in [3.63, 3.8) is 0 Å². The van der Waals surface area contributed by atoms with Crippen LogP contribution in [0.4, 0.5) is 0 Å². The number of aliphatic hydroxyl groups is 1. The van der Waals surface area contributed by atoms with Crippen LogP contribution < -0.4 is 5.32 Å². The van der Waals surface area contributed by atoms with Gasteiger partial charge in [0.15, 0.2) is 0 Å². The number of ether oxygens (including phenoxy) is 1. The number of nitrogens with one attached hydrogen (secondary N) is 1. The predicted molar refractivity (Wildman–Crippen MR) is 77.1 cm³/mol. The Balaban J connectivity index is 1.99. The van der Waals surface area contributed by atoms with Crippen molar-refractivity contribution in [2.24, 2.45) is 5.41 Å². The molecule has 1 amide bonds. The highest BCUT2D eigenvalue weighted by atomic mass is 16.5. The maximum absolute atomic E-state index is 12.2. The van der Waals surface area contributed by atoms with Crippen LogP contribution in [0.25, 0.3) is 0 Å². The van der Waals surface area contributed by atoms with Gasteiger partial charge < -0.3 is 19.7 Å². The van der Waals surface area contributed by atoms with Crippen LogP contribution in [0, 0.1) is 19.3 Å². The van der Waals surface area contributed by atoms with Gasteiger partial charge in [-0.05, 0) is 20.8 Å². The number of carbonyl (C=O) groups is 1. The van der Waals surface area contributed by atoms with Gasteiger partial charge in [-0.1, -0.05) is 19.0 Å². The molecule has 0 bridgehead atoms. The van der Waals surface area contributed by atoms with E-state index >= 15 is 0 Å². The Bertz CT molecular complexity index is 518. The minimum Gasteiger partial charge on any atom is -0.387 e. The lowest BCUT2D eigenvalue weighted by Crippen LogP contribution is -2.68. The zero-order valence-corrected chi connectivity index (χ0v) is 13.3. The first-order valence-electron chi connectivity index (χ1n) is 7.28. The van der Waals surface area contributed by atoms with Crippen molar-refractivity contribution < 1.29 is 19.2 Å². The van der Waals surface area contributed by atoms with Gasteiger partial charge in [-0.15, -0.1) is 0 Å². The van der Waals surface area contributed by atoms with Crippen LogP contribution >= 0.6 is 0 Å². The summed E-state index contributed by atoms with van der Waals surface area (Å²) < 4.78 is 10.6. The summed E-state index contributed by atoms with van der Waals surface area (Å²) in [5.74, 6) is 0.215. The fourth-order valence-corrected chi connectivity index (χ4v) is 2.88. The SMILES string of the molecule is CCO[C@@H]1C[C@](O)(CNC(=O)c2c(C)noc2C)C1(C)C. The van der Waals surface area contributed by atoms with E-state index in [-0.39, 0.29) is 18.6 Å². The Kier molecular flexibility index (Phi) is 4.13. The number of aromatic nitrogens is 1. The van der Waals surface area contributed by atoms with Gasteiger partial charge in [-0.3, -0.25) is 4.79 Å².